The quantitative estimate of drug-likeness (QED) is 0.777. The average Bonchev–Trinajstić information content (AvgIpc) is 2.31. The number of benzene rings is 1. The van der Waals surface area contributed by atoms with Crippen LogP contribution in [0.4, 0.5) is 0 Å². The molecule has 1 saturated carbocycles. The number of rotatable bonds is 3. The Bertz CT molecular complexity index is 420. The summed E-state index contributed by atoms with van der Waals surface area (Å²) in [5.41, 5.74) is 0. The third kappa shape index (κ3) is 3.01. The van der Waals surface area contributed by atoms with Crippen molar-refractivity contribution in [3.05, 3.63) is 30.3 Å². The highest BCUT2D eigenvalue weighted by molar-refractivity contribution is 8.72. The first-order valence-corrected chi connectivity index (χ1v) is 8.55. The predicted molar refractivity (Wildman–Crippen MR) is 68.1 cm³/mol. The molecule has 2 rings (SSSR count). The van der Waals surface area contributed by atoms with Crippen molar-refractivity contribution in [2.45, 2.75) is 42.2 Å². The van der Waals surface area contributed by atoms with Gasteiger partial charge in [0, 0.05) is 5.25 Å². The monoisotopic (exact) mass is 256 g/mol. The molecule has 0 heterocycles. The highest BCUT2D eigenvalue weighted by Gasteiger charge is 2.23. The van der Waals surface area contributed by atoms with Crippen LogP contribution in [0.2, 0.25) is 0 Å². The standard InChI is InChI=1S/C12H16O2S2/c13-16(14,12-9-5-2-6-10-12)15-11-7-3-1-4-8-11/h2,5-6,9-11H,1,3-4,7-8H2. The fraction of sp³-hybridized carbons (Fsp3) is 0.500. The van der Waals surface area contributed by atoms with Crippen molar-refractivity contribution in [1.82, 2.24) is 0 Å². The van der Waals surface area contributed by atoms with Crippen LogP contribution in [0.5, 0.6) is 0 Å². The highest BCUT2D eigenvalue weighted by Crippen LogP contribution is 2.35. The molecule has 1 aromatic carbocycles. The first-order valence-electron chi connectivity index (χ1n) is 5.67. The maximum Gasteiger partial charge on any atom is 0.230 e. The molecule has 1 aliphatic rings. The normalized spacial score (nSPS) is 18.5. The number of hydrogen-bond donors (Lipinski definition) is 0. The van der Waals surface area contributed by atoms with Crippen molar-refractivity contribution in [1.29, 1.82) is 0 Å². The van der Waals surface area contributed by atoms with E-state index in [9.17, 15) is 8.42 Å². The van der Waals surface area contributed by atoms with E-state index < -0.39 is 8.87 Å². The van der Waals surface area contributed by atoms with Gasteiger partial charge in [0.2, 0.25) is 8.87 Å². The summed E-state index contributed by atoms with van der Waals surface area (Å²) in [4.78, 5) is 0.436. The lowest BCUT2D eigenvalue weighted by molar-refractivity contribution is 0.517. The van der Waals surface area contributed by atoms with Gasteiger partial charge >= 0.3 is 0 Å². The minimum absolute atomic E-state index is 0.291. The molecule has 0 radical (unpaired) electrons. The molecule has 0 saturated heterocycles. The SMILES string of the molecule is O=S(=O)(SC1CCCCC1)c1ccccc1. The summed E-state index contributed by atoms with van der Waals surface area (Å²) in [6.45, 7) is 0. The second kappa shape index (κ2) is 5.23. The van der Waals surface area contributed by atoms with Crippen molar-refractivity contribution < 1.29 is 8.42 Å². The third-order valence-electron chi connectivity index (χ3n) is 2.85. The van der Waals surface area contributed by atoms with Crippen molar-refractivity contribution in [2.75, 3.05) is 0 Å². The van der Waals surface area contributed by atoms with E-state index >= 15 is 0 Å². The van der Waals surface area contributed by atoms with Gasteiger partial charge in [-0.2, -0.15) is 0 Å². The molecule has 0 aromatic heterocycles. The third-order valence-corrected chi connectivity index (χ3v) is 6.85. The minimum Gasteiger partial charge on any atom is -0.212 e. The van der Waals surface area contributed by atoms with Gasteiger partial charge in [-0.1, -0.05) is 37.5 Å². The lowest BCUT2D eigenvalue weighted by Crippen LogP contribution is -2.11. The van der Waals surface area contributed by atoms with E-state index in [0.29, 0.717) is 10.1 Å². The molecule has 1 aliphatic carbocycles. The van der Waals surface area contributed by atoms with Crippen LogP contribution in [0, 0.1) is 0 Å². The predicted octanol–water partition coefficient (Wildman–Crippen LogP) is 3.44. The molecule has 4 heteroatoms. The Kier molecular flexibility index (Phi) is 3.92. The summed E-state index contributed by atoms with van der Waals surface area (Å²) in [5.74, 6) is 0. The van der Waals surface area contributed by atoms with Crippen LogP contribution in [0.25, 0.3) is 0 Å². The number of hydrogen-bond acceptors (Lipinski definition) is 3. The van der Waals surface area contributed by atoms with Gasteiger partial charge in [0.1, 0.15) is 0 Å². The van der Waals surface area contributed by atoms with E-state index in [1.165, 1.54) is 19.3 Å². The Balaban J connectivity index is 2.08. The van der Waals surface area contributed by atoms with Crippen LogP contribution < -0.4 is 0 Å². The van der Waals surface area contributed by atoms with Gasteiger partial charge in [-0.05, 0) is 35.8 Å². The molecular formula is C12H16O2S2. The van der Waals surface area contributed by atoms with Crippen molar-refractivity contribution in [3.63, 3.8) is 0 Å². The van der Waals surface area contributed by atoms with Gasteiger partial charge in [0.15, 0.2) is 0 Å². The van der Waals surface area contributed by atoms with E-state index in [0.717, 1.165) is 23.6 Å². The van der Waals surface area contributed by atoms with E-state index in [4.69, 9.17) is 0 Å². The van der Waals surface area contributed by atoms with E-state index in [2.05, 4.69) is 0 Å². The smallest absolute Gasteiger partial charge is 0.212 e. The molecule has 0 bridgehead atoms. The van der Waals surface area contributed by atoms with Gasteiger partial charge in [-0.25, -0.2) is 8.42 Å². The molecule has 0 amide bonds. The zero-order chi connectivity index (χ0) is 11.4. The Morgan fingerprint density at radius 3 is 2.25 bits per heavy atom. The van der Waals surface area contributed by atoms with Crippen LogP contribution in [-0.2, 0) is 8.87 Å². The van der Waals surface area contributed by atoms with E-state index in [1.807, 2.05) is 6.07 Å². The zero-order valence-electron chi connectivity index (χ0n) is 9.13. The molecule has 2 nitrogen and oxygen atoms in total. The topological polar surface area (TPSA) is 34.1 Å². The average molecular weight is 256 g/mol. The molecule has 16 heavy (non-hydrogen) atoms. The van der Waals surface area contributed by atoms with Crippen molar-refractivity contribution >= 4 is 19.7 Å². The summed E-state index contributed by atoms with van der Waals surface area (Å²) >= 11 is 0. The first kappa shape index (κ1) is 12.0. The summed E-state index contributed by atoms with van der Waals surface area (Å²) in [6, 6.07) is 8.73. The van der Waals surface area contributed by atoms with Crippen molar-refractivity contribution in [2.24, 2.45) is 0 Å². The first-order chi connectivity index (χ1) is 7.68. The van der Waals surface area contributed by atoms with Crippen LogP contribution in [0.15, 0.2) is 35.2 Å². The molecule has 1 aromatic rings. The summed E-state index contributed by atoms with van der Waals surface area (Å²) in [7, 11) is -2.00. The fourth-order valence-corrected chi connectivity index (χ4v) is 5.79. The van der Waals surface area contributed by atoms with Crippen LogP contribution >= 0.6 is 10.8 Å². The van der Waals surface area contributed by atoms with Gasteiger partial charge in [0.05, 0.1) is 4.90 Å². The van der Waals surface area contributed by atoms with Crippen LogP contribution in [-0.4, -0.2) is 13.7 Å². The highest BCUT2D eigenvalue weighted by atomic mass is 33.1. The van der Waals surface area contributed by atoms with Gasteiger partial charge in [0.25, 0.3) is 0 Å². The largest absolute Gasteiger partial charge is 0.230 e. The second-order valence-corrected chi connectivity index (χ2v) is 8.26. The van der Waals surface area contributed by atoms with Crippen LogP contribution in [0.1, 0.15) is 32.1 Å². The molecule has 1 fully saturated rings. The molecule has 0 N–H and O–H groups in total. The van der Waals surface area contributed by atoms with E-state index in [-0.39, 0.29) is 0 Å². The summed E-state index contributed by atoms with van der Waals surface area (Å²) in [5, 5.41) is 0.291. The van der Waals surface area contributed by atoms with E-state index in [1.54, 1.807) is 24.3 Å². The van der Waals surface area contributed by atoms with Gasteiger partial charge in [-0.15, -0.1) is 0 Å². The fourth-order valence-electron chi connectivity index (χ4n) is 1.98. The van der Waals surface area contributed by atoms with Crippen molar-refractivity contribution in [3.8, 4) is 0 Å². The lowest BCUT2D eigenvalue weighted by atomic mass is 10.0. The molecule has 0 unspecified atom stereocenters. The minimum atomic E-state index is -3.14. The maximum absolute atomic E-state index is 12.1. The molecular weight excluding hydrogens is 240 g/mol. The Labute approximate surface area is 101 Å². The Hall–Kier alpha value is -0.480. The molecule has 88 valence electrons. The molecule has 0 spiro atoms. The molecule has 0 aliphatic heterocycles. The Morgan fingerprint density at radius 1 is 1.00 bits per heavy atom. The van der Waals surface area contributed by atoms with Gasteiger partial charge in [-0.3, -0.25) is 0 Å². The Morgan fingerprint density at radius 2 is 1.62 bits per heavy atom. The van der Waals surface area contributed by atoms with Crippen LogP contribution in [0.3, 0.4) is 0 Å². The summed E-state index contributed by atoms with van der Waals surface area (Å²) in [6.07, 6.45) is 5.67. The summed E-state index contributed by atoms with van der Waals surface area (Å²) < 4.78 is 24.1. The molecule has 0 atom stereocenters. The lowest BCUT2D eigenvalue weighted by Gasteiger charge is -2.20. The maximum atomic E-state index is 12.1. The van der Waals surface area contributed by atoms with Gasteiger partial charge < -0.3 is 0 Å². The second-order valence-electron chi connectivity index (χ2n) is 4.12. The zero-order valence-corrected chi connectivity index (χ0v) is 10.8.